The summed E-state index contributed by atoms with van der Waals surface area (Å²) < 4.78 is 4.59. The lowest BCUT2D eigenvalue weighted by Gasteiger charge is -2.03. The fraction of sp³-hybridized carbons (Fsp3) is 0.143. The van der Waals surface area contributed by atoms with Crippen LogP contribution in [0.3, 0.4) is 0 Å². The van der Waals surface area contributed by atoms with Crippen molar-refractivity contribution in [2.45, 2.75) is 0 Å². The molecule has 0 aromatic carbocycles. The molecule has 0 aliphatic carbocycles. The number of aliphatic imine (C=N–C) groups is 1. The van der Waals surface area contributed by atoms with Crippen molar-refractivity contribution in [3.05, 3.63) is 23.9 Å². The number of nitrogens with one attached hydrogen (secondary N) is 1. The second-order valence-electron chi connectivity index (χ2n) is 1.68. The normalized spacial score (nSPS) is 10.2. The van der Waals surface area contributed by atoms with E-state index in [2.05, 4.69) is 41.0 Å². The van der Waals surface area contributed by atoms with Crippen molar-refractivity contribution in [3.63, 3.8) is 0 Å². The largest absolute Gasteiger partial charge is 0.445 e. The molecule has 0 bridgehead atoms. The average molecular weight is 186 g/mol. The Morgan fingerprint density at radius 1 is 1.75 bits per heavy atom. The predicted molar refractivity (Wildman–Crippen MR) is 51.3 cm³/mol. The number of hydrogen-bond donors (Lipinski definition) is 2. The summed E-state index contributed by atoms with van der Waals surface area (Å²) in [6.45, 7) is 6.74. The third-order valence-electron chi connectivity index (χ3n) is 0.855. The van der Waals surface area contributed by atoms with Gasteiger partial charge in [0.05, 0.1) is 0 Å². The van der Waals surface area contributed by atoms with Crippen LogP contribution in [0.5, 0.6) is 0 Å². The van der Waals surface area contributed by atoms with E-state index in [1.54, 1.807) is 0 Å². The van der Waals surface area contributed by atoms with Crippen LogP contribution in [0.4, 0.5) is 4.79 Å². The molecule has 0 aliphatic heterocycles. The topological polar surface area (TPSA) is 50.7 Å². The molecule has 1 amide bonds. The van der Waals surface area contributed by atoms with Gasteiger partial charge < -0.3 is 4.74 Å². The van der Waals surface area contributed by atoms with E-state index in [1.807, 2.05) is 0 Å². The average Bonchev–Trinajstić information content (AvgIpc) is 2.10. The van der Waals surface area contributed by atoms with Gasteiger partial charge in [-0.2, -0.15) is 0 Å². The molecule has 0 heterocycles. The monoisotopic (exact) mass is 186 g/mol. The summed E-state index contributed by atoms with van der Waals surface area (Å²) in [5.41, 5.74) is 0. The van der Waals surface area contributed by atoms with Crippen molar-refractivity contribution in [2.24, 2.45) is 4.99 Å². The molecule has 66 valence electrons. The number of alkyl carbamates (subject to hydrolysis) is 1. The summed E-state index contributed by atoms with van der Waals surface area (Å²) >= 11 is 3.78. The number of amides is 1. The van der Waals surface area contributed by atoms with E-state index < -0.39 is 6.09 Å². The summed E-state index contributed by atoms with van der Waals surface area (Å²) in [6, 6.07) is 0. The first-order chi connectivity index (χ1) is 5.74. The molecule has 0 saturated carbocycles. The first-order valence-corrected chi connectivity index (χ1v) is 3.62. The van der Waals surface area contributed by atoms with E-state index in [4.69, 9.17) is 0 Å². The Balaban J connectivity index is 3.82. The Kier molecular flexibility index (Phi) is 5.81. The van der Waals surface area contributed by atoms with Crippen LogP contribution in [-0.4, -0.2) is 19.4 Å². The van der Waals surface area contributed by atoms with Crippen molar-refractivity contribution < 1.29 is 9.53 Å². The van der Waals surface area contributed by atoms with Gasteiger partial charge in [0.15, 0.2) is 0 Å². The highest BCUT2D eigenvalue weighted by molar-refractivity contribution is 7.83. The highest BCUT2D eigenvalue weighted by atomic mass is 32.1. The third-order valence-corrected chi connectivity index (χ3v) is 1.10. The number of rotatable bonds is 4. The Bertz CT molecular complexity index is 213. The van der Waals surface area contributed by atoms with Gasteiger partial charge in [-0.1, -0.05) is 12.7 Å². The molecule has 0 spiro atoms. The third kappa shape index (κ3) is 4.56. The number of carbonyl (C=O) groups is 1. The van der Waals surface area contributed by atoms with E-state index >= 15 is 0 Å². The molecule has 0 atom stereocenters. The summed E-state index contributed by atoms with van der Waals surface area (Å²) in [4.78, 5) is 14.2. The van der Waals surface area contributed by atoms with Crippen molar-refractivity contribution in [1.29, 1.82) is 0 Å². The number of nitrogens with zero attached hydrogens (tertiary/aromatic N) is 1. The molecule has 0 aromatic heterocycles. The maximum atomic E-state index is 10.8. The van der Waals surface area contributed by atoms with Gasteiger partial charge in [-0.25, -0.2) is 9.79 Å². The Morgan fingerprint density at radius 2 is 2.42 bits per heavy atom. The summed E-state index contributed by atoms with van der Waals surface area (Å²) in [6.07, 6.45) is 0.855. The van der Waals surface area contributed by atoms with E-state index in [0.29, 0.717) is 0 Å². The minimum absolute atomic E-state index is 0.156. The molecule has 0 radical (unpaired) electrons. The molecule has 0 aromatic rings. The molecule has 1 N–H and O–H groups in total. The van der Waals surface area contributed by atoms with Crippen molar-refractivity contribution >= 4 is 25.4 Å². The fourth-order valence-corrected chi connectivity index (χ4v) is 0.534. The van der Waals surface area contributed by atoms with Crippen LogP contribution in [-0.2, 0) is 4.74 Å². The molecule has 5 heteroatoms. The number of thiol groups is 1. The van der Waals surface area contributed by atoms with Crippen LogP contribution in [0, 0.1) is 0 Å². The Morgan fingerprint density at radius 3 is 2.83 bits per heavy atom. The lowest BCUT2D eigenvalue weighted by atomic mass is 10.7. The molecular weight excluding hydrogens is 176 g/mol. The van der Waals surface area contributed by atoms with Crippen LogP contribution in [0.15, 0.2) is 28.9 Å². The Hall–Kier alpha value is -1.23. The van der Waals surface area contributed by atoms with Gasteiger partial charge in [-0.3, -0.25) is 5.32 Å². The van der Waals surface area contributed by atoms with E-state index in [0.717, 1.165) is 0 Å². The van der Waals surface area contributed by atoms with Gasteiger partial charge in [-0.05, 0) is 6.72 Å². The highest BCUT2D eigenvalue weighted by Gasteiger charge is 2.00. The van der Waals surface area contributed by atoms with Crippen LogP contribution < -0.4 is 5.32 Å². The van der Waals surface area contributed by atoms with Crippen molar-refractivity contribution in [2.75, 3.05) is 6.61 Å². The van der Waals surface area contributed by atoms with Gasteiger partial charge in [-0.15, -0.1) is 12.6 Å². The summed E-state index contributed by atoms with van der Waals surface area (Å²) in [5, 5.41) is 3.61. The maximum absolute atomic E-state index is 10.8. The van der Waals surface area contributed by atoms with Crippen LogP contribution in [0.25, 0.3) is 0 Å². The molecule has 0 fully saturated rings. The summed E-state index contributed by atoms with van der Waals surface area (Å²) in [5.74, 6) is 0.243. The quantitative estimate of drug-likeness (QED) is 0.395. The first-order valence-electron chi connectivity index (χ1n) is 3.10. The first kappa shape index (κ1) is 10.8. The zero-order valence-electron chi connectivity index (χ0n) is 6.49. The minimum atomic E-state index is -0.609. The summed E-state index contributed by atoms with van der Waals surface area (Å²) in [7, 11) is 0. The van der Waals surface area contributed by atoms with Gasteiger partial charge >= 0.3 is 6.09 Å². The number of carbonyl (C=O) groups excluding carboxylic acids is 1. The molecule has 0 saturated heterocycles. The van der Waals surface area contributed by atoms with Crippen LogP contribution in [0.1, 0.15) is 0 Å². The van der Waals surface area contributed by atoms with E-state index in [1.165, 1.54) is 11.5 Å². The van der Waals surface area contributed by atoms with Crippen LogP contribution >= 0.6 is 12.6 Å². The highest BCUT2D eigenvalue weighted by Crippen LogP contribution is 1.92. The minimum Gasteiger partial charge on any atom is -0.445 e. The SMILES string of the molecule is C=CCOC(=O)N/C(=C/S)N=C. The Labute approximate surface area is 76.4 Å². The van der Waals surface area contributed by atoms with Gasteiger partial charge in [0.1, 0.15) is 12.4 Å². The molecular formula is C7H10N2O2S. The van der Waals surface area contributed by atoms with Gasteiger partial charge in [0, 0.05) is 5.41 Å². The number of hydrogen-bond acceptors (Lipinski definition) is 4. The van der Waals surface area contributed by atoms with Crippen LogP contribution in [0.2, 0.25) is 0 Å². The van der Waals surface area contributed by atoms with E-state index in [9.17, 15) is 4.79 Å². The standard InChI is InChI=1S/C7H10N2O2S/c1-3-4-11-7(10)9-6(5-12)8-2/h3,5,12H,1-2,4H2,(H,9,10)/b6-5+. The molecule has 0 rings (SSSR count). The second-order valence-corrected chi connectivity index (χ2v) is 1.94. The molecule has 0 unspecified atom stereocenters. The fourth-order valence-electron chi connectivity index (χ4n) is 0.388. The maximum Gasteiger partial charge on any atom is 0.413 e. The van der Waals surface area contributed by atoms with Gasteiger partial charge in [0.25, 0.3) is 0 Å². The molecule has 0 aliphatic rings. The second kappa shape index (κ2) is 6.48. The lowest BCUT2D eigenvalue weighted by molar-refractivity contribution is 0.161. The number of ether oxygens (including phenoxy) is 1. The van der Waals surface area contributed by atoms with Gasteiger partial charge in [0.2, 0.25) is 0 Å². The predicted octanol–water partition coefficient (Wildman–Crippen LogP) is 1.33. The van der Waals surface area contributed by atoms with E-state index in [-0.39, 0.29) is 12.4 Å². The molecule has 12 heavy (non-hydrogen) atoms. The molecule has 4 nitrogen and oxygen atoms in total. The van der Waals surface area contributed by atoms with Crippen molar-refractivity contribution in [3.8, 4) is 0 Å². The van der Waals surface area contributed by atoms with Crippen molar-refractivity contribution in [1.82, 2.24) is 5.32 Å². The smallest absolute Gasteiger partial charge is 0.413 e. The zero-order valence-corrected chi connectivity index (χ0v) is 7.38. The zero-order chi connectivity index (χ0) is 9.40. The lowest BCUT2D eigenvalue weighted by Crippen LogP contribution is -2.22.